The van der Waals surface area contributed by atoms with E-state index >= 15 is 0 Å². The molecule has 0 fully saturated rings. The minimum atomic E-state index is 0.482. The Bertz CT molecular complexity index is 127. The monoisotopic (exact) mass is 143 g/mol. The van der Waals surface area contributed by atoms with Crippen molar-refractivity contribution >= 4 is 11.8 Å². The molecule has 2 heteroatoms. The van der Waals surface area contributed by atoms with Gasteiger partial charge in [0.1, 0.15) is 0 Å². The van der Waals surface area contributed by atoms with Crippen LogP contribution < -0.4 is 5.73 Å². The maximum atomic E-state index is 5.34. The first-order chi connectivity index (χ1) is 4.04. The molecule has 1 nitrogen and oxygen atoms in total. The van der Waals surface area contributed by atoms with E-state index in [1.807, 2.05) is 0 Å². The van der Waals surface area contributed by atoms with Gasteiger partial charge in [0.05, 0.1) is 5.03 Å². The molecular weight excluding hydrogens is 130 g/mol. The molecule has 0 aromatic rings. The summed E-state index contributed by atoms with van der Waals surface area (Å²) in [4.78, 5) is 1.07. The van der Waals surface area contributed by atoms with Crippen molar-refractivity contribution in [1.29, 1.82) is 0 Å². The maximum absolute atomic E-state index is 5.34. The number of allylic oxidation sites excluding steroid dienone is 1. The molecule has 0 bridgehead atoms. The van der Waals surface area contributed by atoms with Crippen LogP contribution in [0.2, 0.25) is 0 Å². The highest BCUT2D eigenvalue weighted by Crippen LogP contribution is 2.24. The fourth-order valence-electron chi connectivity index (χ4n) is 0.286. The lowest BCUT2D eigenvalue weighted by molar-refractivity contribution is 0.820. The Hall–Kier alpha value is -0.370. The van der Waals surface area contributed by atoms with Crippen LogP contribution in [0, 0.1) is 5.92 Å². The normalized spacial score (nSPS) is 9.67. The largest absolute Gasteiger partial charge is 0.394 e. The molecule has 0 aliphatic carbocycles. The Kier molecular flexibility index (Phi) is 3.47. The van der Waals surface area contributed by atoms with Crippen molar-refractivity contribution in [3.63, 3.8) is 0 Å². The summed E-state index contributed by atoms with van der Waals surface area (Å²) in [5, 5.41) is 0.619. The van der Waals surface area contributed by atoms with Gasteiger partial charge in [-0.1, -0.05) is 38.8 Å². The first-order valence-electron chi connectivity index (χ1n) is 2.85. The van der Waals surface area contributed by atoms with Crippen LogP contribution in [0.4, 0.5) is 0 Å². The summed E-state index contributed by atoms with van der Waals surface area (Å²) < 4.78 is 0. The predicted octanol–water partition coefficient (Wildman–Crippen LogP) is 2.32. The molecule has 0 atom stereocenters. The number of rotatable bonds is 3. The Balaban J connectivity index is 3.64. The maximum Gasteiger partial charge on any atom is 0.0627 e. The highest BCUT2D eigenvalue weighted by Gasteiger charge is 1.99. The van der Waals surface area contributed by atoms with Gasteiger partial charge in [-0.25, -0.2) is 0 Å². The molecule has 0 aromatic carbocycles. The second-order valence-corrected chi connectivity index (χ2v) is 3.44. The minimum absolute atomic E-state index is 0.482. The standard InChI is InChI=1S/C7H13NS/c1-5(2)6(3)9-7(4)8/h5H,3-4,8H2,1-2H3. The zero-order valence-electron chi connectivity index (χ0n) is 5.98. The van der Waals surface area contributed by atoms with Gasteiger partial charge in [-0.3, -0.25) is 0 Å². The smallest absolute Gasteiger partial charge is 0.0627 e. The third-order valence-electron chi connectivity index (χ3n) is 0.906. The van der Waals surface area contributed by atoms with E-state index < -0.39 is 0 Å². The predicted molar refractivity (Wildman–Crippen MR) is 44.9 cm³/mol. The molecule has 0 aliphatic heterocycles. The third kappa shape index (κ3) is 4.15. The second-order valence-electron chi connectivity index (χ2n) is 2.19. The van der Waals surface area contributed by atoms with Gasteiger partial charge in [-0.2, -0.15) is 0 Å². The molecule has 0 saturated carbocycles. The van der Waals surface area contributed by atoms with E-state index in [-0.39, 0.29) is 0 Å². The van der Waals surface area contributed by atoms with E-state index in [1.165, 1.54) is 11.8 Å². The average Bonchev–Trinajstić information content (AvgIpc) is 1.63. The van der Waals surface area contributed by atoms with Crippen LogP contribution in [0.25, 0.3) is 0 Å². The highest BCUT2D eigenvalue weighted by molar-refractivity contribution is 8.06. The van der Waals surface area contributed by atoms with E-state index in [9.17, 15) is 0 Å². The molecule has 0 spiro atoms. The van der Waals surface area contributed by atoms with Gasteiger partial charge in [0.15, 0.2) is 0 Å². The lowest BCUT2D eigenvalue weighted by Crippen LogP contribution is -1.93. The summed E-state index contributed by atoms with van der Waals surface area (Å²) in [7, 11) is 0. The van der Waals surface area contributed by atoms with Gasteiger partial charge >= 0.3 is 0 Å². The fraction of sp³-hybridized carbons (Fsp3) is 0.429. The molecule has 9 heavy (non-hydrogen) atoms. The van der Waals surface area contributed by atoms with Crippen molar-refractivity contribution in [3.8, 4) is 0 Å². The van der Waals surface area contributed by atoms with Gasteiger partial charge in [-0.05, 0) is 10.8 Å². The summed E-state index contributed by atoms with van der Waals surface area (Å²) in [6.07, 6.45) is 0. The van der Waals surface area contributed by atoms with Crippen LogP contribution in [-0.2, 0) is 0 Å². The van der Waals surface area contributed by atoms with Gasteiger partial charge in [0.2, 0.25) is 0 Å². The summed E-state index contributed by atoms with van der Waals surface area (Å²) in [5.74, 6) is 0.482. The van der Waals surface area contributed by atoms with E-state index in [4.69, 9.17) is 5.73 Å². The lowest BCUT2D eigenvalue weighted by atomic mass is 10.2. The Morgan fingerprint density at radius 2 is 1.89 bits per heavy atom. The minimum Gasteiger partial charge on any atom is -0.394 e. The van der Waals surface area contributed by atoms with Crippen molar-refractivity contribution in [2.45, 2.75) is 13.8 Å². The summed E-state index contributed by atoms with van der Waals surface area (Å²) >= 11 is 1.45. The van der Waals surface area contributed by atoms with Crippen LogP contribution in [0.3, 0.4) is 0 Å². The molecule has 0 radical (unpaired) electrons. The van der Waals surface area contributed by atoms with Crippen molar-refractivity contribution < 1.29 is 0 Å². The van der Waals surface area contributed by atoms with E-state index in [1.54, 1.807) is 0 Å². The fourth-order valence-corrected chi connectivity index (χ4v) is 0.859. The van der Waals surface area contributed by atoms with Crippen molar-refractivity contribution in [2.24, 2.45) is 11.7 Å². The molecule has 0 amide bonds. The lowest BCUT2D eigenvalue weighted by Gasteiger charge is -2.06. The van der Waals surface area contributed by atoms with Gasteiger partial charge in [0, 0.05) is 0 Å². The molecule has 2 N–H and O–H groups in total. The second kappa shape index (κ2) is 3.62. The zero-order valence-corrected chi connectivity index (χ0v) is 6.79. The molecule has 52 valence electrons. The molecule has 0 heterocycles. The first kappa shape index (κ1) is 8.63. The summed E-state index contributed by atoms with van der Waals surface area (Å²) in [6, 6.07) is 0. The number of thioether (sulfide) groups is 1. The molecule has 0 aliphatic rings. The Morgan fingerprint density at radius 1 is 1.44 bits per heavy atom. The van der Waals surface area contributed by atoms with Crippen molar-refractivity contribution in [1.82, 2.24) is 0 Å². The van der Waals surface area contributed by atoms with Crippen LogP contribution >= 0.6 is 11.8 Å². The Morgan fingerprint density at radius 3 is 2.00 bits per heavy atom. The molecular formula is C7H13NS. The molecule has 0 aromatic heterocycles. The topological polar surface area (TPSA) is 26.0 Å². The molecule has 0 unspecified atom stereocenters. The van der Waals surface area contributed by atoms with Gasteiger partial charge < -0.3 is 5.73 Å². The van der Waals surface area contributed by atoms with E-state index in [2.05, 4.69) is 27.0 Å². The molecule has 0 saturated heterocycles. The average molecular weight is 143 g/mol. The summed E-state index contributed by atoms with van der Waals surface area (Å²) in [5.41, 5.74) is 5.34. The zero-order chi connectivity index (χ0) is 7.44. The van der Waals surface area contributed by atoms with Crippen LogP contribution in [0.15, 0.2) is 23.1 Å². The van der Waals surface area contributed by atoms with E-state index in [0.29, 0.717) is 10.9 Å². The van der Waals surface area contributed by atoms with Crippen LogP contribution in [0.1, 0.15) is 13.8 Å². The number of nitrogens with two attached hydrogens (primary N) is 1. The van der Waals surface area contributed by atoms with E-state index in [0.717, 1.165) is 4.91 Å². The summed E-state index contributed by atoms with van der Waals surface area (Å²) in [6.45, 7) is 11.5. The quantitative estimate of drug-likeness (QED) is 0.656. The third-order valence-corrected chi connectivity index (χ3v) is 1.90. The van der Waals surface area contributed by atoms with Gasteiger partial charge in [-0.15, -0.1) is 0 Å². The Labute approximate surface area is 61.0 Å². The van der Waals surface area contributed by atoms with Crippen molar-refractivity contribution in [3.05, 3.63) is 23.1 Å². The SMILES string of the molecule is C=C(N)SC(=C)C(C)C. The molecule has 0 rings (SSSR count). The highest BCUT2D eigenvalue weighted by atomic mass is 32.2. The van der Waals surface area contributed by atoms with Crippen LogP contribution in [0.5, 0.6) is 0 Å². The number of hydrogen-bond acceptors (Lipinski definition) is 2. The first-order valence-corrected chi connectivity index (χ1v) is 3.66. The van der Waals surface area contributed by atoms with Crippen LogP contribution in [-0.4, -0.2) is 0 Å². The van der Waals surface area contributed by atoms with Gasteiger partial charge in [0.25, 0.3) is 0 Å². The van der Waals surface area contributed by atoms with Crippen molar-refractivity contribution in [2.75, 3.05) is 0 Å². The number of hydrogen-bond donors (Lipinski definition) is 1.